The summed E-state index contributed by atoms with van der Waals surface area (Å²) in [7, 11) is 2.07. The zero-order valence-corrected chi connectivity index (χ0v) is 12.4. The van der Waals surface area contributed by atoms with E-state index in [1.54, 1.807) is 0 Å². The minimum absolute atomic E-state index is 0.549. The Morgan fingerprint density at radius 2 is 2.00 bits per heavy atom. The zero-order chi connectivity index (χ0) is 13.7. The van der Waals surface area contributed by atoms with E-state index in [0.29, 0.717) is 24.5 Å². The second-order valence-electron chi connectivity index (χ2n) is 5.68. The molecule has 0 spiro atoms. The standard InChI is InChI=1S/C14H26N4O/c1-4-9-15-10-13-16-17-14(19-13)18(3)12-7-5-11(2)6-8-12/h11-12,15H,4-10H2,1-3H3. The van der Waals surface area contributed by atoms with Crippen molar-refractivity contribution in [1.82, 2.24) is 15.5 Å². The number of hydrogen-bond acceptors (Lipinski definition) is 5. The van der Waals surface area contributed by atoms with Gasteiger partial charge < -0.3 is 14.6 Å². The summed E-state index contributed by atoms with van der Waals surface area (Å²) in [6.07, 6.45) is 6.16. The molecule has 0 aromatic carbocycles. The Balaban J connectivity index is 1.86. The van der Waals surface area contributed by atoms with Gasteiger partial charge in [-0.15, -0.1) is 5.10 Å². The lowest BCUT2D eigenvalue weighted by Crippen LogP contribution is -2.35. The lowest BCUT2D eigenvalue weighted by molar-refractivity contribution is 0.330. The van der Waals surface area contributed by atoms with Crippen LogP contribution in [0.3, 0.4) is 0 Å². The van der Waals surface area contributed by atoms with Crippen LogP contribution in [0.25, 0.3) is 0 Å². The van der Waals surface area contributed by atoms with Crippen molar-refractivity contribution in [1.29, 1.82) is 0 Å². The molecule has 0 unspecified atom stereocenters. The second kappa shape index (κ2) is 6.89. The summed E-state index contributed by atoms with van der Waals surface area (Å²) in [5.74, 6) is 1.54. The van der Waals surface area contributed by atoms with E-state index in [0.717, 1.165) is 18.9 Å². The van der Waals surface area contributed by atoms with Gasteiger partial charge in [0.15, 0.2) is 0 Å². The van der Waals surface area contributed by atoms with E-state index in [4.69, 9.17) is 4.42 Å². The van der Waals surface area contributed by atoms with Gasteiger partial charge in [-0.05, 0) is 44.6 Å². The van der Waals surface area contributed by atoms with Crippen LogP contribution in [0.5, 0.6) is 0 Å². The van der Waals surface area contributed by atoms with Crippen LogP contribution in [0.15, 0.2) is 4.42 Å². The quantitative estimate of drug-likeness (QED) is 0.802. The molecule has 1 aromatic rings. The summed E-state index contributed by atoms with van der Waals surface area (Å²) in [5, 5.41) is 11.5. The summed E-state index contributed by atoms with van der Waals surface area (Å²) < 4.78 is 5.71. The van der Waals surface area contributed by atoms with Gasteiger partial charge in [0.05, 0.1) is 6.54 Å². The Labute approximate surface area is 115 Å². The first kappa shape index (κ1) is 14.3. The van der Waals surface area contributed by atoms with Crippen molar-refractivity contribution in [2.45, 2.75) is 58.5 Å². The fourth-order valence-corrected chi connectivity index (χ4v) is 2.62. The number of hydrogen-bond donors (Lipinski definition) is 1. The smallest absolute Gasteiger partial charge is 0.318 e. The topological polar surface area (TPSA) is 54.2 Å². The monoisotopic (exact) mass is 266 g/mol. The summed E-state index contributed by atoms with van der Waals surface area (Å²) in [6, 6.07) is 1.21. The average Bonchev–Trinajstić information content (AvgIpc) is 2.88. The van der Waals surface area contributed by atoms with Gasteiger partial charge in [-0.1, -0.05) is 18.9 Å². The molecule has 108 valence electrons. The number of aromatic nitrogens is 2. The van der Waals surface area contributed by atoms with E-state index in [1.807, 2.05) is 0 Å². The Kier molecular flexibility index (Phi) is 5.19. The maximum atomic E-state index is 5.71. The third kappa shape index (κ3) is 3.93. The molecular weight excluding hydrogens is 240 g/mol. The molecule has 5 nitrogen and oxygen atoms in total. The second-order valence-corrected chi connectivity index (χ2v) is 5.68. The highest BCUT2D eigenvalue weighted by Gasteiger charge is 2.24. The summed E-state index contributed by atoms with van der Waals surface area (Å²) in [6.45, 7) is 6.12. The SMILES string of the molecule is CCCNCc1nnc(N(C)C2CCC(C)CC2)o1. The normalized spacial score (nSPS) is 23.5. The van der Waals surface area contributed by atoms with Crippen molar-refractivity contribution in [3.05, 3.63) is 5.89 Å². The average molecular weight is 266 g/mol. The van der Waals surface area contributed by atoms with Gasteiger partial charge in [0.25, 0.3) is 0 Å². The van der Waals surface area contributed by atoms with Crippen LogP contribution in [-0.4, -0.2) is 29.8 Å². The lowest BCUT2D eigenvalue weighted by atomic mass is 9.87. The first-order valence-electron chi connectivity index (χ1n) is 7.46. The van der Waals surface area contributed by atoms with Crippen LogP contribution < -0.4 is 10.2 Å². The molecule has 0 radical (unpaired) electrons. The number of rotatable bonds is 6. The van der Waals surface area contributed by atoms with Crippen molar-refractivity contribution in [2.75, 3.05) is 18.5 Å². The molecular formula is C14H26N4O. The van der Waals surface area contributed by atoms with Gasteiger partial charge in [0.1, 0.15) is 0 Å². The molecule has 2 rings (SSSR count). The van der Waals surface area contributed by atoms with Crippen LogP contribution in [0, 0.1) is 5.92 Å². The van der Waals surface area contributed by atoms with E-state index in [-0.39, 0.29) is 0 Å². The third-order valence-corrected chi connectivity index (χ3v) is 3.99. The lowest BCUT2D eigenvalue weighted by Gasteiger charge is -2.32. The molecule has 1 aliphatic rings. The first-order valence-corrected chi connectivity index (χ1v) is 7.46. The first-order chi connectivity index (χ1) is 9.20. The molecule has 0 saturated heterocycles. The van der Waals surface area contributed by atoms with E-state index in [1.165, 1.54) is 25.7 Å². The molecule has 1 fully saturated rings. The Morgan fingerprint density at radius 1 is 1.26 bits per heavy atom. The molecule has 1 aliphatic carbocycles. The summed E-state index contributed by atoms with van der Waals surface area (Å²) in [5.41, 5.74) is 0. The van der Waals surface area contributed by atoms with E-state index < -0.39 is 0 Å². The molecule has 19 heavy (non-hydrogen) atoms. The van der Waals surface area contributed by atoms with Crippen molar-refractivity contribution in [2.24, 2.45) is 5.92 Å². The summed E-state index contributed by atoms with van der Waals surface area (Å²) in [4.78, 5) is 2.15. The molecule has 0 bridgehead atoms. The van der Waals surface area contributed by atoms with E-state index in [2.05, 4.69) is 41.3 Å². The molecule has 0 aliphatic heterocycles. The minimum Gasteiger partial charge on any atom is -0.407 e. The van der Waals surface area contributed by atoms with Gasteiger partial charge in [-0.3, -0.25) is 0 Å². The highest BCUT2D eigenvalue weighted by Crippen LogP contribution is 2.28. The Morgan fingerprint density at radius 3 is 2.68 bits per heavy atom. The maximum absolute atomic E-state index is 5.71. The molecule has 1 aromatic heterocycles. The van der Waals surface area contributed by atoms with Crippen LogP contribution in [0.4, 0.5) is 6.01 Å². The summed E-state index contributed by atoms with van der Waals surface area (Å²) >= 11 is 0. The van der Waals surface area contributed by atoms with Crippen molar-refractivity contribution >= 4 is 6.01 Å². The molecule has 1 N–H and O–H groups in total. The molecule has 0 atom stereocenters. The number of anilines is 1. The highest BCUT2D eigenvalue weighted by atomic mass is 16.4. The molecule has 1 heterocycles. The fourth-order valence-electron chi connectivity index (χ4n) is 2.62. The van der Waals surface area contributed by atoms with Crippen molar-refractivity contribution in [3.63, 3.8) is 0 Å². The van der Waals surface area contributed by atoms with E-state index >= 15 is 0 Å². The maximum Gasteiger partial charge on any atom is 0.318 e. The Hall–Kier alpha value is -1.10. The van der Waals surface area contributed by atoms with Crippen LogP contribution in [0.1, 0.15) is 51.8 Å². The fraction of sp³-hybridized carbons (Fsp3) is 0.857. The third-order valence-electron chi connectivity index (χ3n) is 3.99. The zero-order valence-electron chi connectivity index (χ0n) is 12.4. The predicted molar refractivity (Wildman–Crippen MR) is 76.1 cm³/mol. The highest BCUT2D eigenvalue weighted by molar-refractivity contribution is 5.24. The van der Waals surface area contributed by atoms with Crippen molar-refractivity contribution in [3.8, 4) is 0 Å². The van der Waals surface area contributed by atoms with Crippen LogP contribution in [0.2, 0.25) is 0 Å². The van der Waals surface area contributed by atoms with Crippen molar-refractivity contribution < 1.29 is 4.42 Å². The van der Waals surface area contributed by atoms with Gasteiger partial charge in [-0.25, -0.2) is 0 Å². The van der Waals surface area contributed by atoms with Gasteiger partial charge in [0.2, 0.25) is 5.89 Å². The van der Waals surface area contributed by atoms with Gasteiger partial charge in [0, 0.05) is 13.1 Å². The molecule has 1 saturated carbocycles. The number of nitrogens with zero attached hydrogens (tertiary/aromatic N) is 3. The van der Waals surface area contributed by atoms with Gasteiger partial charge >= 0.3 is 6.01 Å². The Bertz CT molecular complexity index is 371. The predicted octanol–water partition coefficient (Wildman–Crippen LogP) is 2.58. The molecule has 5 heteroatoms. The number of nitrogens with one attached hydrogen (secondary N) is 1. The van der Waals surface area contributed by atoms with E-state index in [9.17, 15) is 0 Å². The van der Waals surface area contributed by atoms with Crippen LogP contribution in [-0.2, 0) is 6.54 Å². The molecule has 0 amide bonds. The van der Waals surface area contributed by atoms with Gasteiger partial charge in [-0.2, -0.15) is 0 Å². The van der Waals surface area contributed by atoms with Crippen LogP contribution >= 0.6 is 0 Å². The minimum atomic E-state index is 0.549. The largest absolute Gasteiger partial charge is 0.407 e.